The molecule has 4 aromatic rings. The molecule has 0 saturated carbocycles. The Morgan fingerprint density at radius 1 is 0.462 bits per heavy atom. The molecule has 278 valence electrons. The molecule has 4 nitrogen and oxygen atoms in total. The normalized spacial score (nSPS) is 14.3. The maximum Gasteiger partial charge on any atom is 0.172 e. The molecule has 0 unspecified atom stereocenters. The summed E-state index contributed by atoms with van der Waals surface area (Å²) in [7, 11) is 0. The van der Waals surface area contributed by atoms with Crippen molar-refractivity contribution in [2.75, 3.05) is 36.0 Å². The Labute approximate surface area is 335 Å². The number of aryl methyl sites for hydroxylation is 4. The van der Waals surface area contributed by atoms with Gasteiger partial charge < -0.3 is 43.8 Å². The van der Waals surface area contributed by atoms with Crippen molar-refractivity contribution < 1.29 is 43.1 Å². The highest BCUT2D eigenvalue weighted by atomic mass is 79.9. The number of nitrogens with zero attached hydrogens (tertiary/aromatic N) is 4. The van der Waals surface area contributed by atoms with Gasteiger partial charge in [-0.3, -0.25) is 0 Å². The number of halogens is 2. The molecule has 6 heteroatoms. The molecule has 52 heavy (non-hydrogen) atoms. The van der Waals surface area contributed by atoms with Crippen molar-refractivity contribution in [3.63, 3.8) is 0 Å². The first-order chi connectivity index (χ1) is 24.6. The van der Waals surface area contributed by atoms with Crippen molar-refractivity contribution in [1.82, 2.24) is 0 Å². The molecule has 0 spiro atoms. The van der Waals surface area contributed by atoms with Crippen LogP contribution in [0.1, 0.15) is 110 Å². The first kappa shape index (κ1) is 41.5. The number of hydrogen-bond donors (Lipinski definition) is 0. The number of unbranched alkanes of at least 4 members (excludes halogenated alkanes) is 7. The third-order valence-electron chi connectivity index (χ3n) is 10.7. The highest BCUT2D eigenvalue weighted by Gasteiger charge is 2.13. The van der Waals surface area contributed by atoms with E-state index in [0.717, 1.165) is 13.1 Å². The van der Waals surface area contributed by atoms with Crippen molar-refractivity contribution in [3.05, 3.63) is 119 Å². The van der Waals surface area contributed by atoms with E-state index >= 15 is 0 Å². The van der Waals surface area contributed by atoms with Crippen LogP contribution in [-0.2, 0) is 13.1 Å². The van der Waals surface area contributed by atoms with Crippen molar-refractivity contribution >= 4 is 35.7 Å². The van der Waals surface area contributed by atoms with Gasteiger partial charge in [0.1, 0.15) is 13.1 Å². The second-order valence-corrected chi connectivity index (χ2v) is 14.7. The van der Waals surface area contributed by atoms with E-state index in [0.29, 0.717) is 0 Å². The van der Waals surface area contributed by atoms with E-state index in [1.807, 2.05) is 0 Å². The molecule has 6 rings (SSSR count). The second kappa shape index (κ2) is 22.1. The molecule has 0 aliphatic carbocycles. The lowest BCUT2D eigenvalue weighted by Gasteiger charge is -2.17. The lowest BCUT2D eigenvalue weighted by atomic mass is 10.1. The van der Waals surface area contributed by atoms with Crippen LogP contribution in [-0.4, -0.2) is 26.2 Å². The Morgan fingerprint density at radius 3 is 1.15 bits per heavy atom. The van der Waals surface area contributed by atoms with E-state index in [1.54, 1.807) is 0 Å². The summed E-state index contributed by atoms with van der Waals surface area (Å²) >= 11 is 0. The van der Waals surface area contributed by atoms with Gasteiger partial charge in [-0.05, 0) is 98.9 Å². The Balaban J connectivity index is 0.00000302. The van der Waals surface area contributed by atoms with Crippen LogP contribution in [0.15, 0.2) is 85.5 Å². The Kier molecular flexibility index (Phi) is 17.7. The van der Waals surface area contributed by atoms with Crippen molar-refractivity contribution in [2.45, 2.75) is 104 Å². The van der Waals surface area contributed by atoms with Gasteiger partial charge in [0.2, 0.25) is 0 Å². The summed E-state index contributed by atoms with van der Waals surface area (Å²) in [5.74, 6) is 0. The number of benzene rings is 2. The average molecular weight is 829 g/mol. The molecule has 0 amide bonds. The summed E-state index contributed by atoms with van der Waals surface area (Å²) in [6.07, 6.45) is 34.0. The molecular weight excluding hydrogens is 768 g/mol. The van der Waals surface area contributed by atoms with Gasteiger partial charge in [0.05, 0.1) is 0 Å². The average Bonchev–Trinajstić information content (AvgIpc) is 3.88. The van der Waals surface area contributed by atoms with Gasteiger partial charge in [0.15, 0.2) is 24.8 Å². The quantitative estimate of drug-likeness (QED) is 0.117. The zero-order valence-electron chi connectivity index (χ0n) is 31.7. The van der Waals surface area contributed by atoms with Gasteiger partial charge in [-0.25, -0.2) is 9.13 Å². The van der Waals surface area contributed by atoms with Crippen molar-refractivity contribution in [1.29, 1.82) is 0 Å². The molecule has 2 aromatic carbocycles. The Morgan fingerprint density at radius 2 is 0.808 bits per heavy atom. The minimum Gasteiger partial charge on any atom is -1.00 e. The van der Waals surface area contributed by atoms with Crippen molar-refractivity contribution in [2.24, 2.45) is 0 Å². The number of rotatable bonds is 17. The summed E-state index contributed by atoms with van der Waals surface area (Å²) in [5, 5.41) is 0. The van der Waals surface area contributed by atoms with Gasteiger partial charge in [-0.1, -0.05) is 74.3 Å². The van der Waals surface area contributed by atoms with Crippen LogP contribution in [0.2, 0.25) is 0 Å². The standard InChI is InChI=1S/C46H60N4.2BrH/c1-39-37-47(35-27-43(39)21-15-41-17-23-45(24-18-41)49-31-11-12-32-49)29-9-7-5-3-4-6-8-10-30-48-36-28-44(40(2)38-48)22-16-42-19-25-46(26-20-42)50-33-13-14-34-50;;/h15-28,35-38H,3-14,29-34H2,1-2H3;2*1H/q+2;;/p-2. The van der Waals surface area contributed by atoms with E-state index in [4.69, 9.17) is 0 Å². The zero-order valence-corrected chi connectivity index (χ0v) is 34.8. The fraction of sp³-hybridized carbons (Fsp3) is 0.435. The predicted octanol–water partition coefficient (Wildman–Crippen LogP) is 4.25. The van der Waals surface area contributed by atoms with E-state index in [9.17, 15) is 0 Å². The minimum atomic E-state index is 0. The van der Waals surface area contributed by atoms with Crippen LogP contribution >= 0.6 is 0 Å². The number of aromatic nitrogens is 2. The molecular formula is C46H60Br2N4. The topological polar surface area (TPSA) is 14.2 Å². The smallest absolute Gasteiger partial charge is 0.172 e. The van der Waals surface area contributed by atoms with Crippen LogP contribution in [0.25, 0.3) is 24.3 Å². The van der Waals surface area contributed by atoms with Crippen LogP contribution in [0.5, 0.6) is 0 Å². The van der Waals surface area contributed by atoms with Crippen molar-refractivity contribution in [3.8, 4) is 0 Å². The summed E-state index contributed by atoms with van der Waals surface area (Å²) in [6, 6.07) is 22.6. The third kappa shape index (κ3) is 12.7. The van der Waals surface area contributed by atoms with Crippen LogP contribution in [0, 0.1) is 13.8 Å². The van der Waals surface area contributed by atoms with Crippen LogP contribution in [0.4, 0.5) is 11.4 Å². The molecule has 2 saturated heterocycles. The lowest BCUT2D eigenvalue weighted by molar-refractivity contribution is -0.697. The van der Waals surface area contributed by atoms with Gasteiger partial charge in [-0.15, -0.1) is 0 Å². The molecule has 2 fully saturated rings. The fourth-order valence-corrected chi connectivity index (χ4v) is 7.56. The van der Waals surface area contributed by atoms with Crippen LogP contribution in [0.3, 0.4) is 0 Å². The lowest BCUT2D eigenvalue weighted by Crippen LogP contribution is -3.00. The molecule has 0 atom stereocenters. The highest BCUT2D eigenvalue weighted by Crippen LogP contribution is 2.23. The molecule has 0 bridgehead atoms. The summed E-state index contributed by atoms with van der Waals surface area (Å²) < 4.78 is 4.74. The number of anilines is 2. The van der Waals surface area contributed by atoms with E-state index < -0.39 is 0 Å². The molecule has 2 aliphatic rings. The summed E-state index contributed by atoms with van der Waals surface area (Å²) in [5.41, 5.74) is 10.5. The maximum absolute atomic E-state index is 2.49. The number of pyridine rings is 2. The summed E-state index contributed by atoms with van der Waals surface area (Å²) in [4.78, 5) is 4.98. The molecule has 0 N–H and O–H groups in total. The number of hydrogen-bond acceptors (Lipinski definition) is 2. The monoisotopic (exact) mass is 826 g/mol. The Bertz CT molecular complexity index is 1560. The maximum atomic E-state index is 2.49. The van der Waals surface area contributed by atoms with E-state index in [-0.39, 0.29) is 34.0 Å². The van der Waals surface area contributed by atoms with Gasteiger partial charge >= 0.3 is 0 Å². The molecule has 2 aliphatic heterocycles. The SMILES string of the molecule is Cc1c[n+](CCCCCCCCCC[n+]2ccc(/C=C/c3ccc(N4CCCC4)cc3)c(C)c2)ccc1/C=C/c1ccc(N2CCCC2)cc1.[Br-].[Br-]. The zero-order chi connectivity index (χ0) is 34.4. The highest BCUT2D eigenvalue weighted by molar-refractivity contribution is 5.72. The largest absolute Gasteiger partial charge is 1.00 e. The first-order valence-corrected chi connectivity index (χ1v) is 19.7. The van der Waals surface area contributed by atoms with Gasteiger partial charge in [-0.2, -0.15) is 0 Å². The predicted molar refractivity (Wildman–Crippen MR) is 213 cm³/mol. The third-order valence-corrected chi connectivity index (χ3v) is 10.7. The summed E-state index contributed by atoms with van der Waals surface area (Å²) in [6.45, 7) is 11.5. The molecule has 0 radical (unpaired) electrons. The van der Waals surface area contributed by atoms with Crippen LogP contribution < -0.4 is 52.9 Å². The van der Waals surface area contributed by atoms with E-state index in [2.05, 4.69) is 143 Å². The first-order valence-electron chi connectivity index (χ1n) is 19.7. The second-order valence-electron chi connectivity index (χ2n) is 14.7. The molecule has 4 heterocycles. The molecule has 2 aromatic heterocycles. The van der Waals surface area contributed by atoms with Gasteiger partial charge in [0, 0.05) is 73.7 Å². The fourth-order valence-electron chi connectivity index (χ4n) is 7.56. The minimum absolute atomic E-state index is 0. The Hall–Kier alpha value is -3.22. The van der Waals surface area contributed by atoms with Gasteiger partial charge in [0.25, 0.3) is 0 Å². The van der Waals surface area contributed by atoms with E-state index in [1.165, 1.54) is 148 Å².